The number of hydrogen-bond acceptors (Lipinski definition) is 6. The van der Waals surface area contributed by atoms with Crippen LogP contribution in [0.25, 0.3) is 217 Å². The van der Waals surface area contributed by atoms with E-state index in [0.29, 0.717) is 0 Å². The SMILES string of the molecule is C=N/C(=C\C(=C/C)C(C)(C)C)c1ccc(-c2ccccc2-c2cc(-c3ccccc3-c3ccc(-c4cc(C(C)(C)C)ccn4)cc3)cc(-c3ccccc3-c3ccc(-c4cc(-c5ccc(-c6ccccc6-c6cc(-c7ccccc7-c7ccc(-c8cc(C(C)(C)C)ccn8)cc7)cc(-c7ccccc7-c7ccc(-c8cc(C(C)(C)C)ccn8)cc7)c6)c6ccccc56)ncn4)c4ccccc34)c2)cc1. The number of aromatic nitrogens is 5. The van der Waals surface area contributed by atoms with Gasteiger partial charge in [0.15, 0.2) is 0 Å². The van der Waals surface area contributed by atoms with E-state index in [9.17, 15) is 0 Å². The van der Waals surface area contributed by atoms with Gasteiger partial charge in [-0.15, -0.1) is 0 Å². The molecule has 0 fully saturated rings. The first-order valence-electron chi connectivity index (χ1n) is 48.3. The molecule has 0 unspecified atom stereocenters. The van der Waals surface area contributed by atoms with E-state index in [2.05, 4.69) is 508 Å². The minimum absolute atomic E-state index is 0.00938. The Labute approximate surface area is 818 Å². The largest absolute Gasteiger partial charge is 0.264 e. The van der Waals surface area contributed by atoms with Gasteiger partial charge in [-0.1, -0.05) is 405 Å². The maximum Gasteiger partial charge on any atom is 0.116 e. The smallest absolute Gasteiger partial charge is 0.116 e. The molecule has 0 atom stereocenters. The number of fused-ring (bicyclic) bond motifs is 2. The highest BCUT2D eigenvalue weighted by molar-refractivity contribution is 6.10. The maximum absolute atomic E-state index is 5.17. The summed E-state index contributed by atoms with van der Waals surface area (Å²) in [5, 5.41) is 4.39. The molecule has 0 aliphatic heterocycles. The third-order valence-electron chi connectivity index (χ3n) is 27.4. The Bertz CT molecular complexity index is 7970. The highest BCUT2D eigenvalue weighted by Gasteiger charge is 2.26. The zero-order chi connectivity index (χ0) is 95.9. The van der Waals surface area contributed by atoms with Crippen molar-refractivity contribution in [3.8, 4) is 190 Å². The van der Waals surface area contributed by atoms with Crippen molar-refractivity contribution in [2.24, 2.45) is 10.4 Å². The topological polar surface area (TPSA) is 76.8 Å². The lowest BCUT2D eigenvalue weighted by Crippen LogP contribution is -2.11. The van der Waals surface area contributed by atoms with Gasteiger partial charge in [-0.25, -0.2) is 9.97 Å². The molecule has 0 radical (unpaired) electrons. The summed E-state index contributed by atoms with van der Waals surface area (Å²) in [6.07, 6.45) is 11.9. The second-order valence-corrected chi connectivity index (χ2v) is 40.6. The molecule has 0 spiro atoms. The fourth-order valence-corrected chi connectivity index (χ4v) is 19.8. The van der Waals surface area contributed by atoms with Crippen LogP contribution in [0.5, 0.6) is 0 Å². The van der Waals surface area contributed by atoms with E-state index >= 15 is 0 Å². The molecule has 16 aromatic carbocycles. The van der Waals surface area contributed by atoms with Crippen LogP contribution >= 0.6 is 0 Å². The molecule has 0 bridgehead atoms. The van der Waals surface area contributed by atoms with Gasteiger partial charge in [0.25, 0.3) is 0 Å². The van der Waals surface area contributed by atoms with Gasteiger partial charge in [0.05, 0.1) is 34.2 Å². The third-order valence-corrected chi connectivity index (χ3v) is 27.4. The van der Waals surface area contributed by atoms with Crippen LogP contribution < -0.4 is 0 Å². The van der Waals surface area contributed by atoms with Crippen molar-refractivity contribution < 1.29 is 0 Å². The van der Waals surface area contributed by atoms with E-state index in [1.165, 1.54) is 22.3 Å². The second kappa shape index (κ2) is 37.8. The van der Waals surface area contributed by atoms with Gasteiger partial charge in [0, 0.05) is 52.0 Å². The summed E-state index contributed by atoms with van der Waals surface area (Å²) in [5.41, 5.74) is 43.3. The summed E-state index contributed by atoms with van der Waals surface area (Å²) in [6, 6.07) is 145. The lowest BCUT2D eigenvalue weighted by Gasteiger charge is -2.21. The van der Waals surface area contributed by atoms with Crippen LogP contribution in [0.2, 0.25) is 0 Å². The number of aliphatic imine (C=N–C) groups is 1. The third kappa shape index (κ3) is 18.7. The quantitative estimate of drug-likeness (QED) is 0.0561. The molecular formula is C133H112N6. The number of hydrogen-bond donors (Lipinski definition) is 0. The molecule has 0 saturated heterocycles. The molecule has 6 nitrogen and oxygen atoms in total. The molecule has 0 amide bonds. The van der Waals surface area contributed by atoms with Crippen molar-refractivity contribution in [2.45, 2.75) is 106 Å². The summed E-state index contributed by atoms with van der Waals surface area (Å²) in [6.45, 7) is 33.1. The number of rotatable bonds is 20. The average Bonchev–Trinajstić information content (AvgIpc) is 0.751. The Morgan fingerprint density at radius 2 is 0.460 bits per heavy atom. The van der Waals surface area contributed by atoms with Gasteiger partial charge in [0.1, 0.15) is 6.33 Å². The Morgan fingerprint density at radius 1 is 0.223 bits per heavy atom. The van der Waals surface area contributed by atoms with E-state index in [1.807, 2.05) is 18.6 Å². The number of pyridine rings is 3. The van der Waals surface area contributed by atoms with Gasteiger partial charge in [0.2, 0.25) is 0 Å². The second-order valence-electron chi connectivity index (χ2n) is 40.6. The minimum Gasteiger partial charge on any atom is -0.264 e. The van der Waals surface area contributed by atoms with Gasteiger partial charge in [-0.3, -0.25) is 19.9 Å². The number of nitrogens with zero attached hydrogens (tertiary/aromatic N) is 6. The molecule has 0 aliphatic rings. The first kappa shape index (κ1) is 90.5. The molecule has 139 heavy (non-hydrogen) atoms. The zero-order valence-corrected chi connectivity index (χ0v) is 81.4. The number of allylic oxidation sites excluding steroid dienone is 3. The zero-order valence-electron chi connectivity index (χ0n) is 81.4. The Morgan fingerprint density at radius 3 is 0.727 bits per heavy atom. The molecule has 674 valence electrons. The van der Waals surface area contributed by atoms with Crippen LogP contribution in [-0.4, -0.2) is 31.6 Å². The predicted molar refractivity (Wildman–Crippen MR) is 590 cm³/mol. The van der Waals surface area contributed by atoms with Gasteiger partial charge >= 0.3 is 0 Å². The minimum atomic E-state index is -0.0569. The lowest BCUT2D eigenvalue weighted by molar-refractivity contribution is 0.516. The lowest BCUT2D eigenvalue weighted by atomic mass is 9.85. The summed E-state index contributed by atoms with van der Waals surface area (Å²) in [4.78, 5) is 29.5. The standard InChI is InChI=1S/C133H112N6/c1-15-100(130(2,3)4)80-124(134-14)90-56-48-86(49-57-90)104-32-16-20-36-108(104)94-74-95(109-37-21-17-33-105(109)87-50-58-91(59-51-87)125-81-101(68-71-135-125)131(5,6)7)77-98(76-94)112-40-24-26-42-114(112)120-64-66-122(118-46-30-28-44-116(118)120)128-84-129(139-85-138-128)123-67-65-121(117-45-29-31-47-119(117)123)115-43-27-25-41-113(115)99-78-96(110-38-22-18-34-106(110)88-52-60-92(61-53-88)126-82-102(69-72-136-126)132(8,9)10)75-97(79-99)111-39-23-19-35-107(111)89-54-62-93(63-55-89)127-83-103(70-73-137-127)133(11,12)13/h15-85H,14H2,1-13H3/b100-15+,124-80-. The van der Waals surface area contributed by atoms with Gasteiger partial charge in [-0.05, 0) is 298 Å². The monoisotopic (exact) mass is 1790 g/mol. The van der Waals surface area contributed by atoms with E-state index in [1.54, 1.807) is 6.33 Å². The van der Waals surface area contributed by atoms with Crippen molar-refractivity contribution >= 4 is 34.0 Å². The normalized spacial score (nSPS) is 12.2. The number of benzene rings is 16. The summed E-state index contributed by atoms with van der Waals surface area (Å²) >= 11 is 0. The van der Waals surface area contributed by atoms with Crippen molar-refractivity contribution in [1.29, 1.82) is 0 Å². The summed E-state index contributed by atoms with van der Waals surface area (Å²) < 4.78 is 0. The Balaban J connectivity index is 0.670. The Kier molecular flexibility index (Phi) is 24.6. The highest BCUT2D eigenvalue weighted by Crippen LogP contribution is 2.50. The molecule has 0 N–H and O–H groups in total. The molecule has 0 aliphatic carbocycles. The van der Waals surface area contributed by atoms with Crippen LogP contribution in [-0.2, 0) is 16.2 Å². The molecule has 20 aromatic rings. The van der Waals surface area contributed by atoms with E-state index in [-0.39, 0.29) is 21.7 Å². The van der Waals surface area contributed by atoms with Crippen LogP contribution in [0.1, 0.15) is 112 Å². The molecular weight excluding hydrogens is 1680 g/mol. The summed E-state index contributed by atoms with van der Waals surface area (Å²) in [5.74, 6) is 0. The molecule has 4 heterocycles. The van der Waals surface area contributed by atoms with Crippen LogP contribution in [0.15, 0.2) is 442 Å². The Hall–Kier alpha value is -16.3. The first-order valence-corrected chi connectivity index (χ1v) is 48.3. The van der Waals surface area contributed by atoms with Crippen molar-refractivity contribution in [2.75, 3.05) is 0 Å². The van der Waals surface area contributed by atoms with Crippen molar-refractivity contribution in [3.05, 3.63) is 459 Å². The average molecular weight is 1790 g/mol. The van der Waals surface area contributed by atoms with E-state index in [0.717, 1.165) is 223 Å². The fourth-order valence-electron chi connectivity index (χ4n) is 19.8. The summed E-state index contributed by atoms with van der Waals surface area (Å²) in [7, 11) is 0. The fraction of sp³-hybridized carbons (Fsp3) is 0.128. The van der Waals surface area contributed by atoms with Crippen molar-refractivity contribution in [1.82, 2.24) is 24.9 Å². The molecule has 6 heteroatoms. The highest BCUT2D eigenvalue weighted by atomic mass is 14.8. The van der Waals surface area contributed by atoms with Crippen LogP contribution in [0, 0.1) is 5.41 Å². The van der Waals surface area contributed by atoms with Gasteiger partial charge < -0.3 is 0 Å². The van der Waals surface area contributed by atoms with Crippen LogP contribution in [0.4, 0.5) is 0 Å². The molecule has 0 saturated carbocycles. The first-order chi connectivity index (χ1) is 67.3. The van der Waals surface area contributed by atoms with Gasteiger partial charge in [-0.2, -0.15) is 0 Å². The maximum atomic E-state index is 5.17. The van der Waals surface area contributed by atoms with E-state index < -0.39 is 0 Å². The van der Waals surface area contributed by atoms with Crippen molar-refractivity contribution in [3.63, 3.8) is 0 Å². The predicted octanol–water partition coefficient (Wildman–Crippen LogP) is 36.2. The molecule has 4 aromatic heterocycles. The van der Waals surface area contributed by atoms with Crippen LogP contribution in [0.3, 0.4) is 0 Å². The molecule has 20 rings (SSSR count). The van der Waals surface area contributed by atoms with E-state index in [4.69, 9.17) is 24.9 Å².